The van der Waals surface area contributed by atoms with Crippen LogP contribution in [0, 0.1) is 0 Å². The molecule has 0 aliphatic carbocycles. The molecule has 0 aromatic heterocycles. The fourth-order valence-corrected chi connectivity index (χ4v) is 1.33. The van der Waals surface area contributed by atoms with Gasteiger partial charge in [-0.2, -0.15) is 0 Å². The van der Waals surface area contributed by atoms with Crippen molar-refractivity contribution in [2.75, 3.05) is 6.54 Å². The maximum Gasteiger partial charge on any atom is 0.219 e. The lowest BCUT2D eigenvalue weighted by Gasteiger charge is -2.03. The van der Waals surface area contributed by atoms with E-state index in [1.54, 1.807) is 6.92 Å². The van der Waals surface area contributed by atoms with Crippen LogP contribution in [0.5, 0.6) is 0 Å². The van der Waals surface area contributed by atoms with Crippen LogP contribution in [0.3, 0.4) is 0 Å². The van der Waals surface area contributed by atoms with Gasteiger partial charge < -0.3 is 10.1 Å². The third-order valence-corrected chi connectivity index (χ3v) is 2.29. The molecule has 0 aromatic carbocycles. The molecule has 0 rings (SSSR count). The minimum Gasteiger partial charge on any atom is -0.356 e. The van der Waals surface area contributed by atoms with Crippen molar-refractivity contribution in [3.8, 4) is 0 Å². The average molecular weight is 213 g/mol. The summed E-state index contributed by atoms with van der Waals surface area (Å²) in [7, 11) is 0. The number of ketones is 1. The lowest BCUT2D eigenvalue weighted by Crippen LogP contribution is -2.23. The predicted molar refractivity (Wildman–Crippen MR) is 61.7 cm³/mol. The van der Waals surface area contributed by atoms with Gasteiger partial charge in [-0.05, 0) is 26.2 Å². The molecule has 0 unspecified atom stereocenters. The lowest BCUT2D eigenvalue weighted by atomic mass is 10.1. The molecule has 0 aliphatic rings. The number of amides is 1. The zero-order valence-corrected chi connectivity index (χ0v) is 9.97. The molecule has 0 bridgehead atoms. The van der Waals surface area contributed by atoms with E-state index in [0.29, 0.717) is 12.8 Å². The van der Waals surface area contributed by atoms with Gasteiger partial charge in [0.25, 0.3) is 0 Å². The highest BCUT2D eigenvalue weighted by atomic mass is 16.1. The molecule has 15 heavy (non-hydrogen) atoms. The molecule has 0 aliphatic heterocycles. The number of nitrogens with one attached hydrogen (secondary N) is 1. The quantitative estimate of drug-likeness (QED) is 0.598. The van der Waals surface area contributed by atoms with Crippen LogP contribution in [0.4, 0.5) is 0 Å². The third kappa shape index (κ3) is 11.1. The van der Waals surface area contributed by atoms with Crippen LogP contribution in [0.2, 0.25) is 0 Å². The minimum absolute atomic E-state index is 0.145. The number of rotatable bonds is 9. The Morgan fingerprint density at radius 2 is 1.67 bits per heavy atom. The SMILES string of the molecule is CCCCNC(=O)CCCCCC(C)=O. The predicted octanol–water partition coefficient (Wildman–Crippen LogP) is 2.44. The summed E-state index contributed by atoms with van der Waals surface area (Å²) in [5.41, 5.74) is 0. The highest BCUT2D eigenvalue weighted by Crippen LogP contribution is 2.03. The second-order valence-corrected chi connectivity index (χ2v) is 3.97. The average Bonchev–Trinajstić information content (AvgIpc) is 2.17. The van der Waals surface area contributed by atoms with Crippen molar-refractivity contribution in [3.63, 3.8) is 0 Å². The molecule has 1 amide bonds. The van der Waals surface area contributed by atoms with Gasteiger partial charge in [-0.1, -0.05) is 19.8 Å². The van der Waals surface area contributed by atoms with E-state index < -0.39 is 0 Å². The largest absolute Gasteiger partial charge is 0.356 e. The molecule has 0 saturated carbocycles. The number of carbonyl (C=O) groups excluding carboxylic acids is 2. The summed E-state index contributed by atoms with van der Waals surface area (Å²) >= 11 is 0. The standard InChI is InChI=1S/C12H23NO2/c1-3-4-10-13-12(15)9-7-5-6-8-11(2)14/h3-10H2,1-2H3,(H,13,15). The Bertz CT molecular complexity index is 190. The topological polar surface area (TPSA) is 46.2 Å². The van der Waals surface area contributed by atoms with Gasteiger partial charge in [-0.3, -0.25) is 4.79 Å². The number of hydrogen-bond donors (Lipinski definition) is 1. The van der Waals surface area contributed by atoms with Crippen LogP contribution < -0.4 is 5.32 Å². The number of carbonyl (C=O) groups is 2. The molecular formula is C12H23NO2. The minimum atomic E-state index is 0.145. The Hall–Kier alpha value is -0.860. The second-order valence-electron chi connectivity index (χ2n) is 3.97. The lowest BCUT2D eigenvalue weighted by molar-refractivity contribution is -0.121. The summed E-state index contributed by atoms with van der Waals surface area (Å²) in [6, 6.07) is 0. The Labute approximate surface area is 92.6 Å². The van der Waals surface area contributed by atoms with E-state index in [0.717, 1.165) is 38.6 Å². The summed E-state index contributed by atoms with van der Waals surface area (Å²) in [6.45, 7) is 4.51. The van der Waals surface area contributed by atoms with E-state index in [9.17, 15) is 9.59 Å². The first-order valence-corrected chi connectivity index (χ1v) is 5.93. The van der Waals surface area contributed by atoms with Crippen LogP contribution in [0.1, 0.15) is 58.8 Å². The van der Waals surface area contributed by atoms with Crippen LogP contribution in [-0.4, -0.2) is 18.2 Å². The first-order chi connectivity index (χ1) is 7.16. The molecule has 0 aromatic rings. The molecule has 3 heteroatoms. The molecule has 0 spiro atoms. The highest BCUT2D eigenvalue weighted by molar-refractivity contribution is 5.76. The smallest absolute Gasteiger partial charge is 0.219 e. The zero-order chi connectivity index (χ0) is 11.5. The third-order valence-electron chi connectivity index (χ3n) is 2.29. The van der Waals surface area contributed by atoms with Crippen LogP contribution in [-0.2, 0) is 9.59 Å². The fourth-order valence-electron chi connectivity index (χ4n) is 1.33. The molecule has 0 radical (unpaired) electrons. The Morgan fingerprint density at radius 3 is 2.27 bits per heavy atom. The summed E-state index contributed by atoms with van der Waals surface area (Å²) in [5, 5.41) is 2.88. The van der Waals surface area contributed by atoms with Crippen LogP contribution in [0.15, 0.2) is 0 Å². The van der Waals surface area contributed by atoms with Crippen molar-refractivity contribution < 1.29 is 9.59 Å². The van der Waals surface area contributed by atoms with Gasteiger partial charge in [-0.25, -0.2) is 0 Å². The van der Waals surface area contributed by atoms with Crippen molar-refractivity contribution in [2.24, 2.45) is 0 Å². The van der Waals surface area contributed by atoms with Gasteiger partial charge in [0.05, 0.1) is 0 Å². The van der Waals surface area contributed by atoms with E-state index in [1.165, 1.54) is 0 Å². The van der Waals surface area contributed by atoms with Crippen molar-refractivity contribution >= 4 is 11.7 Å². The van der Waals surface area contributed by atoms with Gasteiger partial charge in [0.1, 0.15) is 5.78 Å². The molecule has 1 N–H and O–H groups in total. The van der Waals surface area contributed by atoms with Crippen LogP contribution in [0.25, 0.3) is 0 Å². The number of hydrogen-bond acceptors (Lipinski definition) is 2. The highest BCUT2D eigenvalue weighted by Gasteiger charge is 2.00. The van der Waals surface area contributed by atoms with Crippen molar-refractivity contribution in [3.05, 3.63) is 0 Å². The van der Waals surface area contributed by atoms with E-state index in [1.807, 2.05) is 0 Å². The summed E-state index contributed by atoms with van der Waals surface area (Å²) in [5.74, 6) is 0.383. The Morgan fingerprint density at radius 1 is 1.00 bits per heavy atom. The van der Waals surface area contributed by atoms with Gasteiger partial charge in [-0.15, -0.1) is 0 Å². The van der Waals surface area contributed by atoms with Crippen molar-refractivity contribution in [1.29, 1.82) is 0 Å². The van der Waals surface area contributed by atoms with Gasteiger partial charge >= 0.3 is 0 Å². The van der Waals surface area contributed by atoms with E-state index >= 15 is 0 Å². The van der Waals surface area contributed by atoms with E-state index in [-0.39, 0.29) is 11.7 Å². The molecule has 0 fully saturated rings. The molecule has 88 valence electrons. The first-order valence-electron chi connectivity index (χ1n) is 5.93. The number of Topliss-reactive ketones (excluding diaryl/α,β-unsaturated/α-hetero) is 1. The first kappa shape index (κ1) is 14.1. The summed E-state index contributed by atoms with van der Waals surface area (Å²) in [4.78, 5) is 21.9. The van der Waals surface area contributed by atoms with Gasteiger partial charge in [0.15, 0.2) is 0 Å². The molecular weight excluding hydrogens is 190 g/mol. The summed E-state index contributed by atoms with van der Waals surface area (Å²) in [6.07, 6.45) is 6.19. The molecule has 0 saturated heterocycles. The maximum absolute atomic E-state index is 11.2. The van der Waals surface area contributed by atoms with Crippen molar-refractivity contribution in [1.82, 2.24) is 5.32 Å². The Balaban J connectivity index is 3.20. The van der Waals surface area contributed by atoms with Crippen molar-refractivity contribution in [2.45, 2.75) is 58.8 Å². The second kappa shape index (κ2) is 9.69. The van der Waals surface area contributed by atoms with E-state index in [2.05, 4.69) is 12.2 Å². The molecule has 0 heterocycles. The Kier molecular flexibility index (Phi) is 9.13. The monoisotopic (exact) mass is 213 g/mol. The normalized spacial score (nSPS) is 10.0. The zero-order valence-electron chi connectivity index (χ0n) is 9.97. The fraction of sp³-hybridized carbons (Fsp3) is 0.833. The van der Waals surface area contributed by atoms with Gasteiger partial charge in [0, 0.05) is 19.4 Å². The van der Waals surface area contributed by atoms with E-state index in [4.69, 9.17) is 0 Å². The molecule has 0 atom stereocenters. The molecule has 3 nitrogen and oxygen atoms in total. The summed E-state index contributed by atoms with van der Waals surface area (Å²) < 4.78 is 0. The van der Waals surface area contributed by atoms with Crippen LogP contribution >= 0.6 is 0 Å². The van der Waals surface area contributed by atoms with Gasteiger partial charge in [0.2, 0.25) is 5.91 Å². The number of unbranched alkanes of at least 4 members (excludes halogenated alkanes) is 3. The maximum atomic E-state index is 11.2.